The van der Waals surface area contributed by atoms with Crippen LogP contribution in [-0.2, 0) is 12.6 Å². The van der Waals surface area contributed by atoms with Gasteiger partial charge in [-0.1, -0.05) is 13.8 Å². The second kappa shape index (κ2) is 3.71. The maximum atomic E-state index is 10.4. The van der Waals surface area contributed by atoms with E-state index in [2.05, 4.69) is 5.10 Å². The van der Waals surface area contributed by atoms with Crippen LogP contribution in [0.4, 0.5) is 0 Å². The summed E-state index contributed by atoms with van der Waals surface area (Å²) in [6.07, 6.45) is 1.75. The maximum absolute atomic E-state index is 10.4. The fourth-order valence-corrected chi connectivity index (χ4v) is 1.77. The van der Waals surface area contributed by atoms with Gasteiger partial charge in [-0.3, -0.25) is 4.68 Å². The monoisotopic (exact) mass is 197 g/mol. The zero-order valence-electron chi connectivity index (χ0n) is 9.28. The summed E-state index contributed by atoms with van der Waals surface area (Å²) in [6.45, 7) is 6.06. The minimum absolute atomic E-state index is 0.0709. The molecule has 4 nitrogen and oxygen atoms in total. The lowest BCUT2D eigenvalue weighted by Gasteiger charge is -2.31. The van der Waals surface area contributed by atoms with Crippen molar-refractivity contribution in [2.24, 2.45) is 18.7 Å². The van der Waals surface area contributed by atoms with Crippen LogP contribution in [0.5, 0.6) is 0 Å². The number of hydrogen-bond donors (Lipinski definition) is 2. The van der Waals surface area contributed by atoms with Gasteiger partial charge in [0.05, 0.1) is 11.9 Å². The van der Waals surface area contributed by atoms with Crippen molar-refractivity contribution in [2.45, 2.75) is 26.4 Å². The molecule has 0 amide bonds. The van der Waals surface area contributed by atoms with Gasteiger partial charge >= 0.3 is 0 Å². The van der Waals surface area contributed by atoms with Crippen molar-refractivity contribution in [3.05, 3.63) is 17.5 Å². The molecule has 3 N–H and O–H groups in total. The van der Waals surface area contributed by atoms with E-state index in [-0.39, 0.29) is 12.5 Å². The van der Waals surface area contributed by atoms with Crippen LogP contribution >= 0.6 is 0 Å². The molecule has 1 heterocycles. The predicted molar refractivity (Wildman–Crippen MR) is 55.7 cm³/mol. The number of aryl methyl sites for hydroxylation is 2. The first kappa shape index (κ1) is 11.2. The number of rotatable bonds is 3. The zero-order chi connectivity index (χ0) is 10.9. The summed E-state index contributed by atoms with van der Waals surface area (Å²) in [5.74, 6) is 0.0709. The van der Waals surface area contributed by atoms with Crippen molar-refractivity contribution in [3.8, 4) is 0 Å². The highest BCUT2D eigenvalue weighted by atomic mass is 16.3. The first-order valence-corrected chi connectivity index (χ1v) is 4.85. The Balaban J connectivity index is 3.25. The highest BCUT2D eigenvalue weighted by Gasteiger charge is 2.35. The van der Waals surface area contributed by atoms with Crippen LogP contribution in [0.1, 0.15) is 25.1 Å². The lowest BCUT2D eigenvalue weighted by atomic mass is 9.85. The molecule has 0 spiro atoms. The molecule has 4 heteroatoms. The van der Waals surface area contributed by atoms with Gasteiger partial charge < -0.3 is 10.8 Å². The van der Waals surface area contributed by atoms with Crippen LogP contribution in [0.3, 0.4) is 0 Å². The fraction of sp³-hybridized carbons (Fsp3) is 0.700. The van der Waals surface area contributed by atoms with E-state index in [0.29, 0.717) is 0 Å². The highest BCUT2D eigenvalue weighted by molar-refractivity contribution is 5.23. The Kier molecular flexibility index (Phi) is 2.97. The molecule has 14 heavy (non-hydrogen) atoms. The van der Waals surface area contributed by atoms with E-state index in [1.165, 1.54) is 0 Å². The SMILES string of the molecule is Cc1cnn(C)c1C(O)(CN)C(C)C. The summed E-state index contributed by atoms with van der Waals surface area (Å²) in [4.78, 5) is 0. The molecular weight excluding hydrogens is 178 g/mol. The molecule has 0 aliphatic heterocycles. The van der Waals surface area contributed by atoms with E-state index >= 15 is 0 Å². The van der Waals surface area contributed by atoms with Crippen molar-refractivity contribution < 1.29 is 5.11 Å². The van der Waals surface area contributed by atoms with Gasteiger partial charge in [-0.25, -0.2) is 0 Å². The molecule has 0 aliphatic carbocycles. The van der Waals surface area contributed by atoms with Gasteiger partial charge in [0.15, 0.2) is 0 Å². The summed E-state index contributed by atoms with van der Waals surface area (Å²) in [6, 6.07) is 0. The molecule has 1 atom stereocenters. The molecule has 0 bridgehead atoms. The molecule has 1 aromatic rings. The second-order valence-corrected chi connectivity index (χ2v) is 4.08. The Labute approximate surface area is 84.7 Å². The molecule has 0 saturated carbocycles. The van der Waals surface area contributed by atoms with Gasteiger partial charge in [0.2, 0.25) is 0 Å². The first-order chi connectivity index (χ1) is 6.43. The molecule has 0 fully saturated rings. The van der Waals surface area contributed by atoms with E-state index in [0.717, 1.165) is 11.3 Å². The molecule has 1 aromatic heterocycles. The van der Waals surface area contributed by atoms with E-state index < -0.39 is 5.60 Å². The number of aromatic nitrogens is 2. The van der Waals surface area contributed by atoms with E-state index in [1.54, 1.807) is 10.9 Å². The molecule has 0 saturated heterocycles. The molecule has 1 rings (SSSR count). The van der Waals surface area contributed by atoms with Crippen LogP contribution in [0.25, 0.3) is 0 Å². The molecule has 80 valence electrons. The van der Waals surface area contributed by atoms with Crippen LogP contribution in [-0.4, -0.2) is 21.4 Å². The lowest BCUT2D eigenvalue weighted by Crippen LogP contribution is -2.42. The third kappa shape index (κ3) is 1.55. The summed E-state index contributed by atoms with van der Waals surface area (Å²) < 4.78 is 1.70. The summed E-state index contributed by atoms with van der Waals surface area (Å²) in [5.41, 5.74) is 6.46. The standard InChI is InChI=1S/C10H19N3O/c1-7(2)10(14,6-11)9-8(3)5-12-13(9)4/h5,7,14H,6,11H2,1-4H3. The van der Waals surface area contributed by atoms with Crippen molar-refractivity contribution in [2.75, 3.05) is 6.54 Å². The van der Waals surface area contributed by atoms with Crippen LogP contribution in [0.15, 0.2) is 6.20 Å². The number of aliphatic hydroxyl groups is 1. The summed E-state index contributed by atoms with van der Waals surface area (Å²) in [7, 11) is 1.82. The Morgan fingerprint density at radius 2 is 2.21 bits per heavy atom. The van der Waals surface area contributed by atoms with Gasteiger partial charge in [-0.2, -0.15) is 5.10 Å². The zero-order valence-corrected chi connectivity index (χ0v) is 9.28. The van der Waals surface area contributed by atoms with E-state index in [9.17, 15) is 5.11 Å². The largest absolute Gasteiger partial charge is 0.382 e. The summed E-state index contributed by atoms with van der Waals surface area (Å²) in [5, 5.41) is 14.5. The quantitative estimate of drug-likeness (QED) is 0.743. The van der Waals surface area contributed by atoms with E-state index in [4.69, 9.17) is 5.73 Å². The smallest absolute Gasteiger partial charge is 0.121 e. The van der Waals surface area contributed by atoms with Crippen LogP contribution in [0.2, 0.25) is 0 Å². The van der Waals surface area contributed by atoms with Crippen molar-refractivity contribution in [1.29, 1.82) is 0 Å². The van der Waals surface area contributed by atoms with Crippen LogP contribution < -0.4 is 5.73 Å². The molecule has 0 aliphatic rings. The van der Waals surface area contributed by atoms with Gasteiger partial charge in [-0.15, -0.1) is 0 Å². The normalized spacial score (nSPS) is 15.9. The average Bonchev–Trinajstić information content (AvgIpc) is 2.45. The Morgan fingerprint density at radius 1 is 1.64 bits per heavy atom. The third-order valence-electron chi connectivity index (χ3n) is 2.80. The molecule has 0 radical (unpaired) electrons. The number of nitrogens with zero attached hydrogens (tertiary/aromatic N) is 2. The minimum atomic E-state index is -0.977. The number of hydrogen-bond acceptors (Lipinski definition) is 3. The van der Waals surface area contributed by atoms with Gasteiger partial charge in [-0.05, 0) is 18.4 Å². The molecule has 1 unspecified atom stereocenters. The maximum Gasteiger partial charge on any atom is 0.121 e. The van der Waals surface area contributed by atoms with Crippen LogP contribution in [0, 0.1) is 12.8 Å². The van der Waals surface area contributed by atoms with Crippen molar-refractivity contribution in [3.63, 3.8) is 0 Å². The Hall–Kier alpha value is -0.870. The minimum Gasteiger partial charge on any atom is -0.382 e. The van der Waals surface area contributed by atoms with Crippen molar-refractivity contribution >= 4 is 0 Å². The van der Waals surface area contributed by atoms with Gasteiger partial charge in [0.25, 0.3) is 0 Å². The molecule has 0 aromatic carbocycles. The van der Waals surface area contributed by atoms with Crippen molar-refractivity contribution in [1.82, 2.24) is 9.78 Å². The number of nitrogens with two attached hydrogens (primary N) is 1. The lowest BCUT2D eigenvalue weighted by molar-refractivity contribution is -0.00916. The average molecular weight is 197 g/mol. The molecular formula is C10H19N3O. The third-order valence-corrected chi connectivity index (χ3v) is 2.80. The fourth-order valence-electron chi connectivity index (χ4n) is 1.77. The summed E-state index contributed by atoms with van der Waals surface area (Å²) >= 11 is 0. The second-order valence-electron chi connectivity index (χ2n) is 4.08. The highest BCUT2D eigenvalue weighted by Crippen LogP contribution is 2.30. The van der Waals surface area contributed by atoms with Gasteiger partial charge in [0, 0.05) is 13.6 Å². The van der Waals surface area contributed by atoms with E-state index in [1.807, 2.05) is 27.8 Å². The first-order valence-electron chi connectivity index (χ1n) is 4.85. The topological polar surface area (TPSA) is 64.1 Å². The Bertz CT molecular complexity index is 300. The predicted octanol–water partition coefficient (Wildman–Crippen LogP) is 0.531. The van der Waals surface area contributed by atoms with Gasteiger partial charge in [0.1, 0.15) is 5.60 Å². The Morgan fingerprint density at radius 3 is 2.50 bits per heavy atom.